The molecule has 0 aromatic rings. The molecule has 1 N–H and O–H groups in total. The summed E-state index contributed by atoms with van der Waals surface area (Å²) in [7, 11) is -0.989. The van der Waals surface area contributed by atoms with Crippen molar-refractivity contribution in [2.75, 3.05) is 6.61 Å². The van der Waals surface area contributed by atoms with Gasteiger partial charge in [-0.15, -0.1) is 0 Å². The van der Waals surface area contributed by atoms with E-state index in [1.54, 1.807) is 0 Å². The quantitative estimate of drug-likeness (QED) is 0.509. The number of hydrogen-bond donors (Lipinski definition) is 1. The molecule has 1 unspecified atom stereocenters. The van der Waals surface area contributed by atoms with Crippen LogP contribution in [0.2, 0.25) is 0 Å². The Hall–Kier alpha value is -0.0551. The van der Waals surface area contributed by atoms with Crippen molar-refractivity contribution in [1.82, 2.24) is 0 Å². The summed E-state index contributed by atoms with van der Waals surface area (Å²) in [4.78, 5) is 0. The van der Waals surface area contributed by atoms with E-state index in [1.807, 2.05) is 13.8 Å². The second-order valence-electron chi connectivity index (χ2n) is 2.56. The van der Waals surface area contributed by atoms with Crippen LogP contribution in [0.1, 0.15) is 13.8 Å². The molecule has 3 nitrogen and oxygen atoms in total. The Kier molecular flexibility index (Phi) is 2.11. The molecule has 4 heteroatoms. The third-order valence-corrected chi connectivity index (χ3v) is 1.44. The molecule has 0 radical (unpaired) electrons. The lowest BCUT2D eigenvalue weighted by Gasteiger charge is -2.10. The third kappa shape index (κ3) is 1.68. The Morgan fingerprint density at radius 3 is 2.56 bits per heavy atom. The van der Waals surface area contributed by atoms with E-state index < -0.39 is 7.32 Å². The molecule has 0 aliphatic carbocycles. The fraction of sp³-hybridized carbons (Fsp3) is 1.00. The van der Waals surface area contributed by atoms with Crippen molar-refractivity contribution in [2.45, 2.75) is 20.0 Å². The average molecular weight is 130 g/mol. The van der Waals surface area contributed by atoms with Crippen LogP contribution in [-0.4, -0.2) is 25.1 Å². The second-order valence-corrected chi connectivity index (χ2v) is 2.56. The van der Waals surface area contributed by atoms with Crippen molar-refractivity contribution in [1.29, 1.82) is 0 Å². The monoisotopic (exact) mass is 130 g/mol. The van der Waals surface area contributed by atoms with E-state index in [0.717, 1.165) is 0 Å². The lowest BCUT2D eigenvalue weighted by atomic mass is 10.1. The highest BCUT2D eigenvalue weighted by Gasteiger charge is 2.31. The van der Waals surface area contributed by atoms with E-state index in [-0.39, 0.29) is 6.10 Å². The highest BCUT2D eigenvalue weighted by Crippen LogP contribution is 2.13. The maximum atomic E-state index is 8.70. The van der Waals surface area contributed by atoms with Crippen molar-refractivity contribution in [3.8, 4) is 0 Å². The molecule has 0 amide bonds. The van der Waals surface area contributed by atoms with Crippen LogP contribution >= 0.6 is 0 Å². The summed E-state index contributed by atoms with van der Waals surface area (Å²) in [6.45, 7) is 4.58. The van der Waals surface area contributed by atoms with Gasteiger partial charge >= 0.3 is 7.32 Å². The fourth-order valence-corrected chi connectivity index (χ4v) is 0.755. The first-order chi connectivity index (χ1) is 4.20. The van der Waals surface area contributed by atoms with Crippen LogP contribution in [0.4, 0.5) is 0 Å². The summed E-state index contributed by atoms with van der Waals surface area (Å²) < 4.78 is 9.72. The molecule has 0 saturated carbocycles. The third-order valence-electron chi connectivity index (χ3n) is 1.44. The van der Waals surface area contributed by atoms with Crippen molar-refractivity contribution >= 4 is 7.32 Å². The summed E-state index contributed by atoms with van der Waals surface area (Å²) in [5.74, 6) is 0.419. The molecular weight excluding hydrogens is 119 g/mol. The predicted octanol–water partition coefficient (Wildman–Crippen LogP) is 0.0350. The first kappa shape index (κ1) is 7.06. The summed E-state index contributed by atoms with van der Waals surface area (Å²) >= 11 is 0. The van der Waals surface area contributed by atoms with Crippen LogP contribution in [0, 0.1) is 5.92 Å². The van der Waals surface area contributed by atoms with E-state index in [1.165, 1.54) is 0 Å². The molecule has 1 heterocycles. The van der Waals surface area contributed by atoms with Crippen LogP contribution in [-0.2, 0) is 9.31 Å². The van der Waals surface area contributed by atoms with Gasteiger partial charge in [-0.3, -0.25) is 0 Å². The van der Waals surface area contributed by atoms with Crippen LogP contribution in [0.25, 0.3) is 0 Å². The van der Waals surface area contributed by atoms with Crippen LogP contribution in [0.5, 0.6) is 0 Å². The highest BCUT2D eigenvalue weighted by atomic mass is 16.7. The van der Waals surface area contributed by atoms with E-state index in [4.69, 9.17) is 14.3 Å². The largest absolute Gasteiger partial charge is 0.637 e. The first-order valence-corrected chi connectivity index (χ1v) is 3.15. The molecule has 1 fully saturated rings. The zero-order valence-corrected chi connectivity index (χ0v) is 5.70. The molecule has 0 aromatic heterocycles. The van der Waals surface area contributed by atoms with Crippen LogP contribution < -0.4 is 0 Å². The van der Waals surface area contributed by atoms with Gasteiger partial charge < -0.3 is 14.3 Å². The SMILES string of the molecule is CC(C)C1COB(O)O1. The molecule has 0 aromatic carbocycles. The lowest BCUT2D eigenvalue weighted by molar-refractivity contribution is 0.163. The highest BCUT2D eigenvalue weighted by molar-refractivity contribution is 6.35. The Bertz CT molecular complexity index is 96.2. The van der Waals surface area contributed by atoms with Gasteiger partial charge in [-0.05, 0) is 5.92 Å². The second kappa shape index (κ2) is 2.69. The van der Waals surface area contributed by atoms with Crippen LogP contribution in [0.3, 0.4) is 0 Å². The van der Waals surface area contributed by atoms with Gasteiger partial charge in [0.05, 0.1) is 12.7 Å². The van der Waals surface area contributed by atoms with Gasteiger partial charge in [0.15, 0.2) is 0 Å². The molecule has 0 bridgehead atoms. The number of rotatable bonds is 1. The standard InChI is InChI=1S/C5H11BO3/c1-4(2)5-3-8-6(7)9-5/h4-5,7H,3H2,1-2H3. The summed E-state index contributed by atoms with van der Waals surface area (Å²) in [6, 6.07) is 0. The molecule has 1 atom stereocenters. The minimum absolute atomic E-state index is 0.0694. The molecule has 1 aliphatic rings. The Morgan fingerprint density at radius 1 is 1.67 bits per heavy atom. The molecular formula is C5H11BO3. The molecule has 1 rings (SSSR count). The van der Waals surface area contributed by atoms with E-state index in [9.17, 15) is 0 Å². The van der Waals surface area contributed by atoms with Gasteiger partial charge in [0.1, 0.15) is 0 Å². The van der Waals surface area contributed by atoms with Gasteiger partial charge in [0, 0.05) is 0 Å². The van der Waals surface area contributed by atoms with Gasteiger partial charge in [-0.2, -0.15) is 0 Å². The normalized spacial score (nSPS) is 28.0. The maximum Gasteiger partial charge on any atom is 0.637 e. The molecule has 9 heavy (non-hydrogen) atoms. The Labute approximate surface area is 55.1 Å². The molecule has 0 spiro atoms. The molecule has 52 valence electrons. The predicted molar refractivity (Wildman–Crippen MR) is 33.6 cm³/mol. The van der Waals surface area contributed by atoms with Crippen molar-refractivity contribution in [3.05, 3.63) is 0 Å². The first-order valence-electron chi connectivity index (χ1n) is 3.15. The average Bonchev–Trinajstić information content (AvgIpc) is 2.14. The van der Waals surface area contributed by atoms with E-state index in [0.29, 0.717) is 12.5 Å². The van der Waals surface area contributed by atoms with Gasteiger partial charge in [-0.25, -0.2) is 0 Å². The zero-order chi connectivity index (χ0) is 6.85. The minimum atomic E-state index is -0.989. The lowest BCUT2D eigenvalue weighted by Crippen LogP contribution is -2.20. The van der Waals surface area contributed by atoms with Gasteiger partial charge in [-0.1, -0.05) is 13.8 Å². The summed E-state index contributed by atoms with van der Waals surface area (Å²) in [5, 5.41) is 8.70. The maximum absolute atomic E-state index is 8.70. The number of hydrogen-bond acceptors (Lipinski definition) is 3. The summed E-state index contributed by atoms with van der Waals surface area (Å²) in [6.07, 6.45) is 0.0694. The van der Waals surface area contributed by atoms with E-state index >= 15 is 0 Å². The minimum Gasteiger partial charge on any atom is -0.402 e. The van der Waals surface area contributed by atoms with Crippen molar-refractivity contribution in [3.63, 3.8) is 0 Å². The molecule has 1 saturated heterocycles. The van der Waals surface area contributed by atoms with Crippen molar-refractivity contribution < 1.29 is 14.3 Å². The smallest absolute Gasteiger partial charge is 0.402 e. The topological polar surface area (TPSA) is 38.7 Å². The molecule has 1 aliphatic heterocycles. The van der Waals surface area contributed by atoms with Crippen molar-refractivity contribution in [2.24, 2.45) is 5.92 Å². The van der Waals surface area contributed by atoms with Gasteiger partial charge in [0.2, 0.25) is 0 Å². The Morgan fingerprint density at radius 2 is 2.33 bits per heavy atom. The zero-order valence-electron chi connectivity index (χ0n) is 5.70. The fourth-order valence-electron chi connectivity index (χ4n) is 0.755. The van der Waals surface area contributed by atoms with Gasteiger partial charge in [0.25, 0.3) is 0 Å². The van der Waals surface area contributed by atoms with E-state index in [2.05, 4.69) is 0 Å². The summed E-state index contributed by atoms with van der Waals surface area (Å²) in [5.41, 5.74) is 0. The van der Waals surface area contributed by atoms with Crippen LogP contribution in [0.15, 0.2) is 0 Å². The Balaban J connectivity index is 2.30.